The molecule has 8 heteroatoms. The lowest BCUT2D eigenvalue weighted by Gasteiger charge is -2.29. The number of nitrogens with zero attached hydrogens (tertiary/aromatic N) is 1. The smallest absolute Gasteiger partial charge is 0.240 e. The van der Waals surface area contributed by atoms with Crippen molar-refractivity contribution in [3.05, 3.63) is 84.3 Å². The number of nitrogens with one attached hydrogen (secondary N) is 2. The third-order valence-corrected chi connectivity index (χ3v) is 7.81. The molecular formula is C26H28FN3O3S. The summed E-state index contributed by atoms with van der Waals surface area (Å²) in [5, 5.41) is 2.99. The third kappa shape index (κ3) is 5.87. The Balaban J connectivity index is 1.30. The summed E-state index contributed by atoms with van der Waals surface area (Å²) in [7, 11) is -3.66. The molecule has 2 aromatic carbocycles. The van der Waals surface area contributed by atoms with Crippen molar-refractivity contribution < 1.29 is 17.6 Å². The van der Waals surface area contributed by atoms with Crippen LogP contribution in [0, 0.1) is 11.7 Å². The van der Waals surface area contributed by atoms with Crippen molar-refractivity contribution in [3.63, 3.8) is 0 Å². The molecular weight excluding hydrogens is 453 g/mol. The predicted molar refractivity (Wildman–Crippen MR) is 129 cm³/mol. The Hall–Kier alpha value is -3.10. The first-order valence-electron chi connectivity index (χ1n) is 11.4. The number of carbonyl (C=O) groups is 1. The molecule has 4 rings (SSSR count). The second-order valence-corrected chi connectivity index (χ2v) is 10.4. The standard InChI is InChI=1S/C26H28FN3O3S/c1-18(19-5-11-22(27)12-6-19)29-26(31)21-7-13-23(14-8-21)30-34(32,33)24-15-9-20(10-16-24)25-4-2-3-17-28-25/h2-6,9-12,15-18,21,23,30H,7-8,13-14H2,1H3,(H,29,31)/t18-,21-,23-/m1/s1. The van der Waals surface area contributed by atoms with Gasteiger partial charge in [0, 0.05) is 23.7 Å². The van der Waals surface area contributed by atoms with Gasteiger partial charge in [-0.05, 0) is 74.6 Å². The molecule has 0 bridgehead atoms. The van der Waals surface area contributed by atoms with Gasteiger partial charge in [0.2, 0.25) is 15.9 Å². The van der Waals surface area contributed by atoms with Gasteiger partial charge >= 0.3 is 0 Å². The number of amides is 1. The van der Waals surface area contributed by atoms with E-state index >= 15 is 0 Å². The molecule has 1 aromatic heterocycles. The van der Waals surface area contributed by atoms with Gasteiger partial charge in [0.05, 0.1) is 16.6 Å². The van der Waals surface area contributed by atoms with E-state index in [1.165, 1.54) is 12.1 Å². The number of aromatic nitrogens is 1. The Bertz CT molecular complexity index is 1210. The molecule has 1 atom stereocenters. The highest BCUT2D eigenvalue weighted by Gasteiger charge is 2.29. The molecule has 1 heterocycles. The van der Waals surface area contributed by atoms with Crippen molar-refractivity contribution in [1.82, 2.24) is 15.0 Å². The van der Waals surface area contributed by atoms with Crippen LogP contribution in [0.15, 0.2) is 77.8 Å². The fourth-order valence-electron chi connectivity index (χ4n) is 4.27. The first-order valence-corrected chi connectivity index (χ1v) is 12.9. The van der Waals surface area contributed by atoms with E-state index in [0.29, 0.717) is 25.7 Å². The Morgan fingerprint density at radius 3 is 2.26 bits per heavy atom. The number of halogens is 1. The Morgan fingerprint density at radius 2 is 1.65 bits per heavy atom. The van der Waals surface area contributed by atoms with Crippen molar-refractivity contribution in [2.45, 2.75) is 49.6 Å². The largest absolute Gasteiger partial charge is 0.349 e. The maximum absolute atomic E-state index is 13.1. The van der Waals surface area contributed by atoms with Gasteiger partial charge in [0.1, 0.15) is 5.82 Å². The normalized spacial score (nSPS) is 19.4. The summed E-state index contributed by atoms with van der Waals surface area (Å²) in [5.41, 5.74) is 2.47. The van der Waals surface area contributed by atoms with Gasteiger partial charge in [-0.25, -0.2) is 17.5 Å². The van der Waals surface area contributed by atoms with Crippen molar-refractivity contribution in [1.29, 1.82) is 0 Å². The number of carbonyl (C=O) groups excluding carboxylic acids is 1. The van der Waals surface area contributed by atoms with Gasteiger partial charge < -0.3 is 5.32 Å². The van der Waals surface area contributed by atoms with Gasteiger partial charge in [-0.3, -0.25) is 9.78 Å². The number of hydrogen-bond donors (Lipinski definition) is 2. The van der Waals surface area contributed by atoms with Crippen molar-refractivity contribution in [2.24, 2.45) is 5.92 Å². The lowest BCUT2D eigenvalue weighted by Crippen LogP contribution is -2.41. The zero-order chi connectivity index (χ0) is 24.1. The summed E-state index contributed by atoms with van der Waals surface area (Å²) in [5.74, 6) is -0.531. The summed E-state index contributed by atoms with van der Waals surface area (Å²) in [6.07, 6.45) is 4.09. The van der Waals surface area contributed by atoms with E-state index in [-0.39, 0.29) is 34.6 Å². The first kappa shape index (κ1) is 24.0. The van der Waals surface area contributed by atoms with Gasteiger partial charge in [0.15, 0.2) is 0 Å². The van der Waals surface area contributed by atoms with Crippen molar-refractivity contribution in [3.8, 4) is 11.3 Å². The number of benzene rings is 2. The molecule has 0 aliphatic heterocycles. The maximum atomic E-state index is 13.1. The molecule has 1 aliphatic carbocycles. The van der Waals surface area contributed by atoms with Gasteiger partial charge in [0.25, 0.3) is 0 Å². The van der Waals surface area contributed by atoms with Crippen LogP contribution < -0.4 is 10.0 Å². The van der Waals surface area contributed by atoms with Crippen LogP contribution in [0.2, 0.25) is 0 Å². The Labute approximate surface area is 199 Å². The molecule has 6 nitrogen and oxygen atoms in total. The number of pyridine rings is 1. The molecule has 178 valence electrons. The minimum Gasteiger partial charge on any atom is -0.349 e. The van der Waals surface area contributed by atoms with Crippen LogP contribution in [0.5, 0.6) is 0 Å². The highest BCUT2D eigenvalue weighted by atomic mass is 32.2. The summed E-state index contributed by atoms with van der Waals surface area (Å²) >= 11 is 0. The molecule has 0 unspecified atom stereocenters. The zero-order valence-electron chi connectivity index (χ0n) is 18.9. The fraction of sp³-hybridized carbons (Fsp3) is 0.308. The van der Waals surface area contributed by atoms with Crippen molar-refractivity contribution >= 4 is 15.9 Å². The van der Waals surface area contributed by atoms with Crippen LogP contribution in [0.1, 0.15) is 44.2 Å². The average Bonchev–Trinajstić information content (AvgIpc) is 2.85. The number of hydrogen-bond acceptors (Lipinski definition) is 4. The van der Waals surface area contributed by atoms with Crippen LogP contribution in [0.25, 0.3) is 11.3 Å². The van der Waals surface area contributed by atoms with Gasteiger partial charge in [-0.2, -0.15) is 0 Å². The Kier molecular flexibility index (Phi) is 7.38. The van der Waals surface area contributed by atoms with Gasteiger partial charge in [-0.1, -0.05) is 30.3 Å². The lowest BCUT2D eigenvalue weighted by molar-refractivity contribution is -0.126. The van der Waals surface area contributed by atoms with E-state index in [0.717, 1.165) is 16.8 Å². The lowest BCUT2D eigenvalue weighted by atomic mass is 9.85. The van der Waals surface area contributed by atoms with Crippen LogP contribution in [0.4, 0.5) is 4.39 Å². The number of sulfonamides is 1. The van der Waals surface area contributed by atoms with E-state index in [4.69, 9.17) is 0 Å². The molecule has 0 spiro atoms. The molecule has 0 saturated heterocycles. The predicted octanol–water partition coefficient (Wildman–Crippen LogP) is 4.60. The van der Waals surface area contributed by atoms with E-state index in [1.807, 2.05) is 25.1 Å². The summed E-state index contributed by atoms with van der Waals surface area (Å²) in [4.78, 5) is 17.2. The highest BCUT2D eigenvalue weighted by Crippen LogP contribution is 2.27. The topological polar surface area (TPSA) is 88.2 Å². The quantitative estimate of drug-likeness (QED) is 0.516. The first-order chi connectivity index (χ1) is 16.3. The Morgan fingerprint density at radius 1 is 0.971 bits per heavy atom. The van der Waals surface area contributed by atoms with E-state index in [9.17, 15) is 17.6 Å². The van der Waals surface area contributed by atoms with E-state index < -0.39 is 10.0 Å². The average molecular weight is 482 g/mol. The summed E-state index contributed by atoms with van der Waals surface area (Å²) in [6, 6.07) is 17.9. The second kappa shape index (κ2) is 10.4. The minimum absolute atomic E-state index is 0.0526. The molecule has 1 aliphatic rings. The maximum Gasteiger partial charge on any atom is 0.240 e. The third-order valence-electron chi connectivity index (χ3n) is 6.27. The SMILES string of the molecule is C[C@@H](NC(=O)[C@H]1CC[C@H](NS(=O)(=O)c2ccc(-c3ccccn3)cc2)CC1)c1ccc(F)cc1. The fourth-order valence-corrected chi connectivity index (χ4v) is 5.57. The molecule has 1 amide bonds. The van der Waals surface area contributed by atoms with E-state index in [1.54, 1.807) is 42.6 Å². The second-order valence-electron chi connectivity index (χ2n) is 8.69. The minimum atomic E-state index is -3.66. The molecule has 1 fully saturated rings. The van der Waals surface area contributed by atoms with E-state index in [2.05, 4.69) is 15.0 Å². The number of rotatable bonds is 7. The molecule has 3 aromatic rings. The molecule has 1 saturated carbocycles. The summed E-state index contributed by atoms with van der Waals surface area (Å²) < 4.78 is 41.6. The zero-order valence-corrected chi connectivity index (χ0v) is 19.8. The monoisotopic (exact) mass is 481 g/mol. The van der Waals surface area contributed by atoms with Crippen LogP contribution in [-0.2, 0) is 14.8 Å². The van der Waals surface area contributed by atoms with Crippen LogP contribution in [-0.4, -0.2) is 25.4 Å². The molecule has 34 heavy (non-hydrogen) atoms. The summed E-state index contributed by atoms with van der Waals surface area (Å²) in [6.45, 7) is 1.87. The van der Waals surface area contributed by atoms with Gasteiger partial charge in [-0.15, -0.1) is 0 Å². The van der Waals surface area contributed by atoms with Crippen LogP contribution in [0.3, 0.4) is 0 Å². The highest BCUT2D eigenvalue weighted by molar-refractivity contribution is 7.89. The van der Waals surface area contributed by atoms with Crippen molar-refractivity contribution in [2.75, 3.05) is 0 Å². The molecule has 2 N–H and O–H groups in total. The van der Waals surface area contributed by atoms with Crippen LogP contribution >= 0.6 is 0 Å². The molecule has 0 radical (unpaired) electrons.